The number of fused-ring (bicyclic) bond motifs is 1. The van der Waals surface area contributed by atoms with Gasteiger partial charge in [0.1, 0.15) is 5.82 Å². The third-order valence-corrected chi connectivity index (χ3v) is 1.91. The Labute approximate surface area is 76.4 Å². The zero-order chi connectivity index (χ0) is 9.10. The van der Waals surface area contributed by atoms with E-state index in [0.717, 1.165) is 29.7 Å². The summed E-state index contributed by atoms with van der Waals surface area (Å²) in [6.07, 6.45) is 4.66. The molecule has 0 aromatic carbocycles. The fourth-order valence-electron chi connectivity index (χ4n) is 1.25. The number of rotatable bonds is 3. The average Bonchev–Trinajstić information content (AvgIpc) is 2.62. The van der Waals surface area contributed by atoms with Gasteiger partial charge in [0.05, 0.1) is 17.1 Å². The highest BCUT2D eigenvalue weighted by Crippen LogP contribution is 2.17. The quantitative estimate of drug-likeness (QED) is 0.749. The molecule has 0 saturated heterocycles. The van der Waals surface area contributed by atoms with Crippen molar-refractivity contribution in [3.8, 4) is 0 Å². The summed E-state index contributed by atoms with van der Waals surface area (Å²) >= 11 is 0. The number of nitrogens with one attached hydrogen (secondary N) is 2. The molecule has 4 heteroatoms. The summed E-state index contributed by atoms with van der Waals surface area (Å²) in [5.41, 5.74) is 1.02. The Balaban J connectivity index is 2.37. The summed E-state index contributed by atoms with van der Waals surface area (Å²) in [4.78, 5) is 4.25. The van der Waals surface area contributed by atoms with E-state index < -0.39 is 0 Å². The normalized spacial score (nSPS) is 10.5. The molecule has 0 atom stereocenters. The largest absolute Gasteiger partial charge is 0.369 e. The molecule has 0 fully saturated rings. The van der Waals surface area contributed by atoms with Gasteiger partial charge in [-0.2, -0.15) is 5.10 Å². The van der Waals surface area contributed by atoms with Gasteiger partial charge in [-0.25, -0.2) is 4.98 Å². The summed E-state index contributed by atoms with van der Waals surface area (Å²) in [6.45, 7) is 3.07. The molecule has 2 N–H and O–H groups in total. The van der Waals surface area contributed by atoms with Gasteiger partial charge in [-0.05, 0) is 12.5 Å². The lowest BCUT2D eigenvalue weighted by atomic mass is 10.3. The van der Waals surface area contributed by atoms with Gasteiger partial charge < -0.3 is 5.32 Å². The molecule has 0 amide bonds. The number of aromatic amines is 1. The van der Waals surface area contributed by atoms with Crippen molar-refractivity contribution in [2.45, 2.75) is 13.3 Å². The Bertz CT molecular complexity index is 393. The summed E-state index contributed by atoms with van der Waals surface area (Å²) in [7, 11) is 0. The van der Waals surface area contributed by atoms with Crippen LogP contribution in [0.4, 0.5) is 5.82 Å². The second-order valence-corrected chi connectivity index (χ2v) is 2.92. The predicted molar refractivity (Wildman–Crippen MR) is 52.7 cm³/mol. The van der Waals surface area contributed by atoms with Gasteiger partial charge in [-0.15, -0.1) is 0 Å². The van der Waals surface area contributed by atoms with Crippen LogP contribution in [0.5, 0.6) is 0 Å². The summed E-state index contributed by atoms with van der Waals surface area (Å²) in [5, 5.41) is 11.2. The van der Waals surface area contributed by atoms with Crippen molar-refractivity contribution in [1.29, 1.82) is 0 Å². The zero-order valence-electron chi connectivity index (χ0n) is 7.54. The van der Waals surface area contributed by atoms with Crippen LogP contribution in [0, 0.1) is 0 Å². The standard InChI is InChI=1S/C9H12N4/c1-2-4-10-9-7-6-12-13-8(7)3-5-11-9/h3,5-6H,2,4H2,1H3,(H,10,11)(H,12,13). The zero-order valence-corrected chi connectivity index (χ0v) is 7.54. The minimum atomic E-state index is 0.910. The first-order valence-electron chi connectivity index (χ1n) is 4.43. The lowest BCUT2D eigenvalue weighted by Gasteiger charge is -2.03. The first-order chi connectivity index (χ1) is 6.42. The van der Waals surface area contributed by atoms with Crippen LogP contribution in [0.3, 0.4) is 0 Å². The monoisotopic (exact) mass is 176 g/mol. The molecule has 13 heavy (non-hydrogen) atoms. The number of H-pyrrole nitrogens is 1. The van der Waals surface area contributed by atoms with E-state index in [1.807, 2.05) is 6.07 Å². The lowest BCUT2D eigenvalue weighted by Crippen LogP contribution is -2.01. The van der Waals surface area contributed by atoms with Gasteiger partial charge in [-0.1, -0.05) is 6.92 Å². The molecule has 0 saturated carbocycles. The van der Waals surface area contributed by atoms with Gasteiger partial charge in [-0.3, -0.25) is 5.10 Å². The van der Waals surface area contributed by atoms with Gasteiger partial charge in [0.15, 0.2) is 0 Å². The van der Waals surface area contributed by atoms with Crippen LogP contribution in [-0.4, -0.2) is 21.7 Å². The Morgan fingerprint density at radius 2 is 2.46 bits per heavy atom. The van der Waals surface area contributed by atoms with Gasteiger partial charge >= 0.3 is 0 Å². The number of nitrogens with zero attached hydrogens (tertiary/aromatic N) is 2. The van der Waals surface area contributed by atoms with Crippen molar-refractivity contribution in [3.63, 3.8) is 0 Å². The molecule has 0 aliphatic rings. The summed E-state index contributed by atoms with van der Waals surface area (Å²) in [6, 6.07) is 1.92. The van der Waals surface area contributed by atoms with Crippen LogP contribution in [-0.2, 0) is 0 Å². The number of hydrogen-bond donors (Lipinski definition) is 2. The van der Waals surface area contributed by atoms with E-state index in [1.165, 1.54) is 0 Å². The summed E-state index contributed by atoms with van der Waals surface area (Å²) < 4.78 is 0. The molecule has 2 heterocycles. The van der Waals surface area contributed by atoms with Crippen LogP contribution in [0.25, 0.3) is 10.9 Å². The predicted octanol–water partition coefficient (Wildman–Crippen LogP) is 1.78. The van der Waals surface area contributed by atoms with Crippen molar-refractivity contribution < 1.29 is 0 Å². The van der Waals surface area contributed by atoms with Gasteiger partial charge in [0, 0.05) is 12.7 Å². The van der Waals surface area contributed by atoms with Crippen molar-refractivity contribution in [2.24, 2.45) is 0 Å². The van der Waals surface area contributed by atoms with Crippen LogP contribution in [0.1, 0.15) is 13.3 Å². The van der Waals surface area contributed by atoms with Gasteiger partial charge in [0.2, 0.25) is 0 Å². The fourth-order valence-corrected chi connectivity index (χ4v) is 1.25. The Morgan fingerprint density at radius 1 is 1.54 bits per heavy atom. The average molecular weight is 176 g/mol. The van der Waals surface area contributed by atoms with E-state index in [2.05, 4.69) is 27.4 Å². The maximum atomic E-state index is 4.25. The van der Waals surface area contributed by atoms with Crippen LogP contribution >= 0.6 is 0 Å². The highest BCUT2D eigenvalue weighted by atomic mass is 15.1. The third kappa shape index (κ3) is 1.47. The molecular formula is C9H12N4. The number of aromatic nitrogens is 3. The molecule has 0 radical (unpaired) electrons. The SMILES string of the molecule is CCCNc1nccc2[nH]ncc12. The number of hydrogen-bond acceptors (Lipinski definition) is 3. The highest BCUT2D eigenvalue weighted by Gasteiger charge is 2.01. The smallest absolute Gasteiger partial charge is 0.137 e. The second kappa shape index (κ2) is 3.43. The van der Waals surface area contributed by atoms with E-state index >= 15 is 0 Å². The maximum absolute atomic E-state index is 4.25. The lowest BCUT2D eigenvalue weighted by molar-refractivity contribution is 0.972. The van der Waals surface area contributed by atoms with E-state index in [9.17, 15) is 0 Å². The molecule has 0 aliphatic heterocycles. The van der Waals surface area contributed by atoms with E-state index in [-0.39, 0.29) is 0 Å². The van der Waals surface area contributed by atoms with Crippen molar-refractivity contribution in [3.05, 3.63) is 18.5 Å². The second-order valence-electron chi connectivity index (χ2n) is 2.92. The molecule has 2 aromatic heterocycles. The molecule has 2 rings (SSSR count). The Kier molecular flexibility index (Phi) is 2.12. The molecule has 0 bridgehead atoms. The van der Waals surface area contributed by atoms with Crippen LogP contribution in [0.15, 0.2) is 18.5 Å². The minimum Gasteiger partial charge on any atom is -0.369 e. The number of anilines is 1. The van der Waals surface area contributed by atoms with Crippen molar-refractivity contribution >= 4 is 16.7 Å². The highest BCUT2D eigenvalue weighted by molar-refractivity contribution is 5.88. The molecule has 0 aliphatic carbocycles. The third-order valence-electron chi connectivity index (χ3n) is 1.91. The molecular weight excluding hydrogens is 164 g/mol. The number of pyridine rings is 1. The van der Waals surface area contributed by atoms with E-state index in [0.29, 0.717) is 0 Å². The maximum Gasteiger partial charge on any atom is 0.137 e. The molecule has 0 unspecified atom stereocenters. The van der Waals surface area contributed by atoms with E-state index in [1.54, 1.807) is 12.4 Å². The molecule has 68 valence electrons. The van der Waals surface area contributed by atoms with Gasteiger partial charge in [0.25, 0.3) is 0 Å². The Morgan fingerprint density at radius 3 is 3.31 bits per heavy atom. The van der Waals surface area contributed by atoms with Crippen LogP contribution in [0.2, 0.25) is 0 Å². The topological polar surface area (TPSA) is 53.6 Å². The first-order valence-corrected chi connectivity index (χ1v) is 4.43. The molecule has 0 spiro atoms. The first kappa shape index (κ1) is 8.04. The van der Waals surface area contributed by atoms with Crippen molar-refractivity contribution in [1.82, 2.24) is 15.2 Å². The molecule has 2 aromatic rings. The fraction of sp³-hybridized carbons (Fsp3) is 0.333. The van der Waals surface area contributed by atoms with Crippen molar-refractivity contribution in [2.75, 3.05) is 11.9 Å². The van der Waals surface area contributed by atoms with E-state index in [4.69, 9.17) is 0 Å². The van der Waals surface area contributed by atoms with Crippen LogP contribution < -0.4 is 5.32 Å². The summed E-state index contributed by atoms with van der Waals surface area (Å²) in [5.74, 6) is 0.910. The Hall–Kier alpha value is -1.58. The minimum absolute atomic E-state index is 0.910. The molecule has 4 nitrogen and oxygen atoms in total.